The fourth-order valence-electron chi connectivity index (χ4n) is 17.1. The number of rotatable bonds is 13. The highest BCUT2D eigenvalue weighted by molar-refractivity contribution is 6.16. The van der Waals surface area contributed by atoms with Gasteiger partial charge in [-0.25, -0.2) is 9.97 Å². The Kier molecular flexibility index (Phi) is 17.0. The Labute approximate surface area is 680 Å². The van der Waals surface area contributed by atoms with Crippen molar-refractivity contribution in [1.82, 2.24) is 48.2 Å². The van der Waals surface area contributed by atoms with Crippen molar-refractivity contribution in [1.29, 1.82) is 0 Å². The Bertz CT molecular complexity index is 7630. The van der Waals surface area contributed by atoms with Crippen LogP contribution in [0.4, 0.5) is 0 Å². The molecule has 0 amide bonds. The molecule has 0 bridgehead atoms. The molecular formula is C108H70N10. The summed E-state index contributed by atoms with van der Waals surface area (Å²) in [5.74, 6) is 3.68. The van der Waals surface area contributed by atoms with Crippen LogP contribution < -0.4 is 0 Å². The molecular weight excluding hydrogens is 1440 g/mol. The van der Waals surface area contributed by atoms with E-state index in [0.29, 0.717) is 35.2 Å². The van der Waals surface area contributed by atoms with Gasteiger partial charge in [-0.1, -0.05) is 309 Å². The summed E-state index contributed by atoms with van der Waals surface area (Å²) in [6.07, 6.45) is 0. The van der Waals surface area contributed by atoms with Crippen molar-refractivity contribution in [2.75, 3.05) is 0 Å². The van der Waals surface area contributed by atoms with E-state index in [0.717, 1.165) is 105 Å². The first-order valence-electron chi connectivity index (χ1n) is 39.8. The van der Waals surface area contributed by atoms with E-state index >= 15 is 0 Å². The molecule has 0 aliphatic rings. The van der Waals surface area contributed by atoms with Crippen molar-refractivity contribution in [2.24, 2.45) is 0 Å². The monoisotopic (exact) mass is 1510 g/mol. The molecule has 118 heavy (non-hydrogen) atoms. The molecule has 0 aliphatic carbocycles. The standard InChI is InChI=1S/C57H37N5.C51H33N5/c1-6-16-38(17-7-1)42-26-30-51-47(34-42)48-36-44(28-31-52(48)61(51)46-24-14-5-15-25-46)45-29-33-54-50(37-45)49-35-43(39-18-8-2-9-19-39)27-32-53(49)62(54)57-59-55(40-20-10-3-11-21-40)58-56(60-57)41-22-12-4-13-23-41;1-5-15-34(16-6-1)37-25-28-46-43(31-37)44-33-39(26-29-47(44)55(46)40-21-11-4-12-22-40)38-27-30-48-42(32-38)41-23-13-14-24-45(41)56(48)51-53-49(35-17-7-2-8-18-35)52-50(54-51)36-19-9-3-10-20-36/h1-37H;1-33H. The summed E-state index contributed by atoms with van der Waals surface area (Å²) in [6.45, 7) is 0. The lowest BCUT2D eigenvalue weighted by atomic mass is 9.98. The first kappa shape index (κ1) is 68.7. The van der Waals surface area contributed by atoms with Crippen LogP contribution >= 0.6 is 0 Å². The fraction of sp³-hybridized carbons (Fsp3) is 0. The Morgan fingerprint density at radius 1 is 0.127 bits per heavy atom. The van der Waals surface area contributed by atoms with Crippen LogP contribution in [0.15, 0.2) is 425 Å². The van der Waals surface area contributed by atoms with Gasteiger partial charge in [0.05, 0.1) is 44.1 Å². The second kappa shape index (κ2) is 29.2. The highest BCUT2D eigenvalue weighted by Crippen LogP contribution is 2.44. The second-order valence-electron chi connectivity index (χ2n) is 29.8. The van der Waals surface area contributed by atoms with Crippen molar-refractivity contribution < 1.29 is 0 Å². The lowest BCUT2D eigenvalue weighted by molar-refractivity contribution is 0.953. The molecule has 552 valence electrons. The topological polar surface area (TPSA) is 97.1 Å². The zero-order chi connectivity index (χ0) is 78.0. The molecule has 6 aromatic heterocycles. The average Bonchev–Trinajstić information content (AvgIpc) is 1.59. The number of aromatic nitrogens is 10. The molecule has 23 rings (SSSR count). The van der Waals surface area contributed by atoms with Crippen molar-refractivity contribution in [3.63, 3.8) is 0 Å². The van der Waals surface area contributed by atoms with Crippen molar-refractivity contribution >= 4 is 87.2 Å². The number of hydrogen-bond donors (Lipinski definition) is 0. The maximum absolute atomic E-state index is 5.19. The van der Waals surface area contributed by atoms with Crippen LogP contribution in [0.2, 0.25) is 0 Å². The van der Waals surface area contributed by atoms with Crippen LogP contribution in [0, 0.1) is 0 Å². The van der Waals surface area contributed by atoms with Gasteiger partial charge in [-0.05, 0) is 171 Å². The minimum Gasteiger partial charge on any atom is -0.309 e. The SMILES string of the molecule is c1ccc(-c2ccc3c(c2)c2cc(-c4ccc5c(c4)c4cc(-c6ccccc6)ccc4n5-c4nc(-c5ccccc5)nc(-c5ccccc5)n4)ccc2n3-c2ccccc2)cc1.c1ccc(-c2ccc3c(c2)c2cc(-c4ccc5c(c4)c4ccccc4n5-c4nc(-c5ccccc5)nc(-c5ccccc5)n4)ccc2n3-c2ccccc2)cc1. The summed E-state index contributed by atoms with van der Waals surface area (Å²) in [7, 11) is 0. The van der Waals surface area contributed by atoms with E-state index in [2.05, 4.69) is 346 Å². The van der Waals surface area contributed by atoms with Crippen molar-refractivity contribution in [3.8, 4) is 124 Å². The average molecular weight is 1510 g/mol. The highest BCUT2D eigenvalue weighted by atomic mass is 15.2. The van der Waals surface area contributed by atoms with Crippen molar-refractivity contribution in [2.45, 2.75) is 0 Å². The zero-order valence-corrected chi connectivity index (χ0v) is 63.9. The van der Waals surface area contributed by atoms with Gasteiger partial charge in [0, 0.05) is 76.7 Å². The molecule has 10 nitrogen and oxygen atoms in total. The number of fused-ring (bicyclic) bond motifs is 12. The maximum Gasteiger partial charge on any atom is 0.238 e. The Balaban J connectivity index is 0.000000143. The largest absolute Gasteiger partial charge is 0.309 e. The lowest BCUT2D eigenvalue weighted by Crippen LogP contribution is -2.06. The predicted octanol–water partition coefficient (Wildman–Crippen LogP) is 27.1. The molecule has 0 spiro atoms. The molecule has 0 fully saturated rings. The van der Waals surface area contributed by atoms with Gasteiger partial charge in [-0.15, -0.1) is 0 Å². The van der Waals surface area contributed by atoms with Gasteiger partial charge in [0.15, 0.2) is 23.3 Å². The first-order chi connectivity index (χ1) is 58.5. The Hall–Kier alpha value is -16.0. The number of hydrogen-bond acceptors (Lipinski definition) is 6. The van der Waals surface area contributed by atoms with Gasteiger partial charge >= 0.3 is 0 Å². The summed E-state index contributed by atoms with van der Waals surface area (Å²) in [4.78, 5) is 30.6. The molecule has 23 aromatic rings. The Morgan fingerprint density at radius 3 is 0.568 bits per heavy atom. The molecule has 6 heterocycles. The third kappa shape index (κ3) is 12.3. The fourth-order valence-corrected chi connectivity index (χ4v) is 17.1. The first-order valence-corrected chi connectivity index (χ1v) is 39.8. The summed E-state index contributed by atoms with van der Waals surface area (Å²) in [5, 5.41) is 9.39. The van der Waals surface area contributed by atoms with Gasteiger partial charge < -0.3 is 9.13 Å². The molecule has 17 aromatic carbocycles. The van der Waals surface area contributed by atoms with E-state index in [1.807, 2.05) is 97.1 Å². The quantitative estimate of drug-likeness (QED) is 0.114. The van der Waals surface area contributed by atoms with Gasteiger partial charge in [0.1, 0.15) is 0 Å². The van der Waals surface area contributed by atoms with Gasteiger partial charge in [-0.3, -0.25) is 9.13 Å². The van der Waals surface area contributed by atoms with Crippen LogP contribution in [0.25, 0.3) is 212 Å². The predicted molar refractivity (Wildman–Crippen MR) is 486 cm³/mol. The summed E-state index contributed by atoms with van der Waals surface area (Å²) in [5.41, 5.74) is 26.6. The van der Waals surface area contributed by atoms with E-state index < -0.39 is 0 Å². The highest BCUT2D eigenvalue weighted by Gasteiger charge is 2.24. The van der Waals surface area contributed by atoms with E-state index in [1.165, 1.54) is 71.4 Å². The van der Waals surface area contributed by atoms with Crippen LogP contribution in [-0.4, -0.2) is 48.2 Å². The minimum atomic E-state index is 0.572. The van der Waals surface area contributed by atoms with Gasteiger partial charge in [0.2, 0.25) is 11.9 Å². The molecule has 0 unspecified atom stereocenters. The molecule has 0 saturated heterocycles. The third-order valence-corrected chi connectivity index (χ3v) is 22.8. The smallest absolute Gasteiger partial charge is 0.238 e. The van der Waals surface area contributed by atoms with Crippen LogP contribution in [0.1, 0.15) is 0 Å². The molecule has 0 aliphatic heterocycles. The third-order valence-electron chi connectivity index (χ3n) is 22.8. The number of para-hydroxylation sites is 3. The zero-order valence-electron chi connectivity index (χ0n) is 63.9. The maximum atomic E-state index is 5.19. The molecule has 0 saturated carbocycles. The molecule has 0 radical (unpaired) electrons. The molecule has 0 N–H and O–H groups in total. The van der Waals surface area contributed by atoms with E-state index in [9.17, 15) is 0 Å². The van der Waals surface area contributed by atoms with Gasteiger partial charge in [-0.2, -0.15) is 19.9 Å². The van der Waals surface area contributed by atoms with E-state index in [1.54, 1.807) is 0 Å². The molecule has 0 atom stereocenters. The van der Waals surface area contributed by atoms with Crippen molar-refractivity contribution in [3.05, 3.63) is 425 Å². The minimum absolute atomic E-state index is 0.572. The van der Waals surface area contributed by atoms with E-state index in [4.69, 9.17) is 29.9 Å². The van der Waals surface area contributed by atoms with Gasteiger partial charge in [0.25, 0.3) is 0 Å². The molecule has 10 heteroatoms. The Morgan fingerprint density at radius 2 is 0.314 bits per heavy atom. The van der Waals surface area contributed by atoms with Crippen LogP contribution in [-0.2, 0) is 0 Å². The number of nitrogens with zero attached hydrogens (tertiary/aromatic N) is 10. The lowest BCUT2D eigenvalue weighted by Gasteiger charge is -2.11. The second-order valence-corrected chi connectivity index (χ2v) is 29.8. The summed E-state index contributed by atoms with van der Waals surface area (Å²) in [6, 6.07) is 150. The summed E-state index contributed by atoms with van der Waals surface area (Å²) < 4.78 is 9.14. The summed E-state index contributed by atoms with van der Waals surface area (Å²) >= 11 is 0. The van der Waals surface area contributed by atoms with Crippen LogP contribution in [0.3, 0.4) is 0 Å². The van der Waals surface area contributed by atoms with E-state index in [-0.39, 0.29) is 0 Å². The number of benzene rings is 17. The normalized spacial score (nSPS) is 11.6. The van der Waals surface area contributed by atoms with Crippen LogP contribution in [0.5, 0.6) is 0 Å².